The van der Waals surface area contributed by atoms with Gasteiger partial charge in [-0.3, -0.25) is 4.99 Å². The summed E-state index contributed by atoms with van der Waals surface area (Å²) in [6, 6.07) is 1.83. The Morgan fingerprint density at radius 2 is 2.00 bits per heavy atom. The maximum Gasteiger partial charge on any atom is 0.225 e. The fourth-order valence-corrected chi connectivity index (χ4v) is 2.86. The molecule has 0 spiro atoms. The first-order valence-electron chi connectivity index (χ1n) is 7.97. The van der Waals surface area contributed by atoms with Gasteiger partial charge in [0, 0.05) is 57.6 Å². The Bertz CT molecular complexity index is 486. The van der Waals surface area contributed by atoms with E-state index in [4.69, 9.17) is 10.5 Å². The van der Waals surface area contributed by atoms with Crippen LogP contribution in [0.3, 0.4) is 0 Å². The van der Waals surface area contributed by atoms with Gasteiger partial charge in [-0.15, -0.1) is 24.0 Å². The molecule has 3 rings (SSSR count). The zero-order valence-corrected chi connectivity index (χ0v) is 15.6. The number of ether oxygens (including phenoxy) is 1. The van der Waals surface area contributed by atoms with Crippen LogP contribution in [0.4, 0.5) is 5.95 Å². The molecule has 1 atom stereocenters. The monoisotopic (exact) mass is 432 g/mol. The van der Waals surface area contributed by atoms with Gasteiger partial charge in [0.2, 0.25) is 5.95 Å². The number of hydrogen-bond donors (Lipinski definition) is 1. The Labute approximate surface area is 154 Å². The molecule has 1 unspecified atom stereocenters. The third-order valence-electron chi connectivity index (χ3n) is 4.20. The van der Waals surface area contributed by atoms with Crippen molar-refractivity contribution < 1.29 is 4.74 Å². The number of hydrogen-bond acceptors (Lipinski definition) is 5. The van der Waals surface area contributed by atoms with E-state index in [1.165, 1.54) is 6.42 Å². The zero-order chi connectivity index (χ0) is 15.2. The number of nitrogens with zero attached hydrogens (tertiary/aromatic N) is 5. The van der Waals surface area contributed by atoms with Crippen LogP contribution in [-0.4, -0.2) is 66.8 Å². The summed E-state index contributed by atoms with van der Waals surface area (Å²) < 4.78 is 5.48. The maximum atomic E-state index is 6.14. The molecule has 7 nitrogen and oxygen atoms in total. The Hall–Kier alpha value is -1.16. The van der Waals surface area contributed by atoms with Crippen molar-refractivity contribution in [3.8, 4) is 0 Å². The van der Waals surface area contributed by atoms with E-state index in [0.717, 1.165) is 58.3 Å². The summed E-state index contributed by atoms with van der Waals surface area (Å²) in [5.41, 5.74) is 6.14. The van der Waals surface area contributed by atoms with E-state index in [2.05, 4.69) is 24.8 Å². The minimum atomic E-state index is 0. The number of rotatable bonds is 3. The molecule has 2 fully saturated rings. The zero-order valence-electron chi connectivity index (χ0n) is 13.3. The predicted octanol–water partition coefficient (Wildman–Crippen LogP) is 0.958. The van der Waals surface area contributed by atoms with Crippen molar-refractivity contribution in [1.82, 2.24) is 14.9 Å². The van der Waals surface area contributed by atoms with Crippen LogP contribution < -0.4 is 10.6 Å². The van der Waals surface area contributed by atoms with E-state index in [9.17, 15) is 0 Å². The molecule has 2 aliphatic rings. The molecule has 2 saturated heterocycles. The normalized spacial score (nSPS) is 22.6. The number of anilines is 1. The molecule has 1 aromatic heterocycles. The lowest BCUT2D eigenvalue weighted by atomic mass is 10.0. The van der Waals surface area contributed by atoms with Crippen LogP contribution in [0.15, 0.2) is 23.5 Å². The molecule has 0 aliphatic carbocycles. The summed E-state index contributed by atoms with van der Waals surface area (Å²) in [4.78, 5) is 17.5. The molecule has 2 N–H and O–H groups in total. The van der Waals surface area contributed by atoms with E-state index < -0.39 is 0 Å². The van der Waals surface area contributed by atoms with E-state index in [1.807, 2.05) is 6.07 Å². The molecule has 8 heteroatoms. The Morgan fingerprint density at radius 1 is 1.26 bits per heavy atom. The quantitative estimate of drug-likeness (QED) is 0.436. The molecular formula is C15H25IN6O. The highest BCUT2D eigenvalue weighted by Crippen LogP contribution is 2.14. The Morgan fingerprint density at radius 3 is 2.65 bits per heavy atom. The largest absolute Gasteiger partial charge is 0.381 e. The van der Waals surface area contributed by atoms with E-state index in [-0.39, 0.29) is 24.0 Å². The first-order valence-corrected chi connectivity index (χ1v) is 7.97. The lowest BCUT2D eigenvalue weighted by molar-refractivity contribution is 0.0581. The van der Waals surface area contributed by atoms with Gasteiger partial charge in [0.1, 0.15) is 0 Å². The molecule has 23 heavy (non-hydrogen) atoms. The first-order chi connectivity index (χ1) is 10.8. The first kappa shape index (κ1) is 18.2. The van der Waals surface area contributed by atoms with Crippen molar-refractivity contribution in [2.45, 2.75) is 12.8 Å². The van der Waals surface area contributed by atoms with Crippen LogP contribution in [0, 0.1) is 5.92 Å². The smallest absolute Gasteiger partial charge is 0.225 e. The van der Waals surface area contributed by atoms with Gasteiger partial charge in [-0.2, -0.15) is 0 Å². The molecule has 0 bridgehead atoms. The second-order valence-corrected chi connectivity index (χ2v) is 5.80. The summed E-state index contributed by atoms with van der Waals surface area (Å²) in [5.74, 6) is 1.96. The fourth-order valence-electron chi connectivity index (χ4n) is 2.86. The number of guanidine groups is 1. The van der Waals surface area contributed by atoms with Crippen LogP contribution in [0.25, 0.3) is 0 Å². The number of halogens is 1. The maximum absolute atomic E-state index is 6.14. The number of nitrogens with two attached hydrogens (primary N) is 1. The molecule has 0 aromatic carbocycles. The van der Waals surface area contributed by atoms with Gasteiger partial charge in [0.15, 0.2) is 5.96 Å². The lowest BCUT2D eigenvalue weighted by Crippen LogP contribution is -2.51. The average molecular weight is 432 g/mol. The summed E-state index contributed by atoms with van der Waals surface area (Å²) in [5, 5.41) is 0. The van der Waals surface area contributed by atoms with Crippen molar-refractivity contribution >= 4 is 35.9 Å². The van der Waals surface area contributed by atoms with Gasteiger partial charge in [-0.05, 0) is 18.9 Å². The molecular weight excluding hydrogens is 407 g/mol. The molecule has 0 radical (unpaired) electrons. The van der Waals surface area contributed by atoms with Crippen molar-refractivity contribution in [3.63, 3.8) is 0 Å². The Balaban J connectivity index is 0.00000192. The van der Waals surface area contributed by atoms with E-state index in [0.29, 0.717) is 11.9 Å². The minimum Gasteiger partial charge on any atom is -0.381 e. The van der Waals surface area contributed by atoms with Crippen molar-refractivity contribution in [2.75, 3.05) is 50.8 Å². The fraction of sp³-hybridized carbons (Fsp3) is 0.667. The van der Waals surface area contributed by atoms with Crippen LogP contribution in [0.5, 0.6) is 0 Å². The van der Waals surface area contributed by atoms with Gasteiger partial charge in [-0.25, -0.2) is 9.97 Å². The topological polar surface area (TPSA) is 79.9 Å². The van der Waals surface area contributed by atoms with Crippen molar-refractivity contribution in [2.24, 2.45) is 16.6 Å². The van der Waals surface area contributed by atoms with Gasteiger partial charge in [-0.1, -0.05) is 0 Å². The highest BCUT2D eigenvalue weighted by molar-refractivity contribution is 14.0. The van der Waals surface area contributed by atoms with Crippen molar-refractivity contribution in [3.05, 3.63) is 18.5 Å². The molecule has 0 amide bonds. The molecule has 2 aliphatic heterocycles. The van der Waals surface area contributed by atoms with Gasteiger partial charge < -0.3 is 20.3 Å². The van der Waals surface area contributed by atoms with Crippen LogP contribution in [-0.2, 0) is 4.74 Å². The van der Waals surface area contributed by atoms with Crippen molar-refractivity contribution in [1.29, 1.82) is 0 Å². The second kappa shape index (κ2) is 9.21. The number of aromatic nitrogens is 2. The van der Waals surface area contributed by atoms with Gasteiger partial charge in [0.05, 0.1) is 6.61 Å². The summed E-state index contributed by atoms with van der Waals surface area (Å²) >= 11 is 0. The predicted molar refractivity (Wildman–Crippen MR) is 101 cm³/mol. The second-order valence-electron chi connectivity index (χ2n) is 5.80. The number of aliphatic imine (C=N–C) groups is 1. The van der Waals surface area contributed by atoms with Crippen LogP contribution >= 0.6 is 24.0 Å². The highest BCUT2D eigenvalue weighted by atomic mass is 127. The Kier molecular flexibility index (Phi) is 7.28. The molecule has 128 valence electrons. The number of piperazine rings is 1. The SMILES string of the molecule is I.NC(=NCC1CCCOC1)N1CCN(c2ncccn2)CC1. The molecule has 3 heterocycles. The average Bonchev–Trinajstić information content (AvgIpc) is 2.61. The molecule has 1 aromatic rings. The molecule has 0 saturated carbocycles. The highest BCUT2D eigenvalue weighted by Gasteiger charge is 2.20. The summed E-state index contributed by atoms with van der Waals surface area (Å²) in [6.07, 6.45) is 5.87. The van der Waals surface area contributed by atoms with Gasteiger partial charge >= 0.3 is 0 Å². The summed E-state index contributed by atoms with van der Waals surface area (Å²) in [7, 11) is 0. The van der Waals surface area contributed by atoms with Crippen LogP contribution in [0.2, 0.25) is 0 Å². The third kappa shape index (κ3) is 5.17. The van der Waals surface area contributed by atoms with Gasteiger partial charge in [0.25, 0.3) is 0 Å². The minimum absolute atomic E-state index is 0. The standard InChI is InChI=1S/C15H24N6O.HI/c16-14(19-11-13-3-1-10-22-12-13)20-6-8-21(9-7-20)15-17-4-2-5-18-15;/h2,4-5,13H,1,3,6-12H2,(H2,16,19);1H. The van der Waals surface area contributed by atoms with E-state index >= 15 is 0 Å². The lowest BCUT2D eigenvalue weighted by Gasteiger charge is -2.35. The summed E-state index contributed by atoms with van der Waals surface area (Å²) in [6.45, 7) is 5.92. The third-order valence-corrected chi connectivity index (χ3v) is 4.20. The van der Waals surface area contributed by atoms with E-state index in [1.54, 1.807) is 12.4 Å². The van der Waals surface area contributed by atoms with Crippen LogP contribution in [0.1, 0.15) is 12.8 Å².